The Morgan fingerprint density at radius 2 is 1.63 bits per heavy atom. The second-order valence-electron chi connectivity index (χ2n) is 6.46. The molecular weight excluding hydrogens is 334 g/mol. The minimum Gasteiger partial charge on any atom is -0.290 e. The summed E-state index contributed by atoms with van der Waals surface area (Å²) in [5.41, 5.74) is 4.49. The Hall–Kier alpha value is -3.71. The molecule has 27 heavy (non-hydrogen) atoms. The molecule has 0 amide bonds. The van der Waals surface area contributed by atoms with Crippen molar-refractivity contribution in [1.82, 2.24) is 4.57 Å². The fourth-order valence-corrected chi connectivity index (χ4v) is 3.25. The van der Waals surface area contributed by atoms with Crippen molar-refractivity contribution in [2.45, 2.75) is 13.1 Å². The number of benzene rings is 3. The summed E-state index contributed by atoms with van der Waals surface area (Å²) in [4.78, 5) is 12.7. The summed E-state index contributed by atoms with van der Waals surface area (Å²) < 4.78 is 4.15. The Labute approximate surface area is 157 Å². The average Bonchev–Trinajstić information content (AvgIpc) is 3.06. The average molecular weight is 352 g/mol. The van der Waals surface area contributed by atoms with Crippen molar-refractivity contribution in [3.63, 3.8) is 0 Å². The molecule has 4 rings (SSSR count). The lowest BCUT2D eigenvalue weighted by molar-refractivity contribution is -0.663. The van der Waals surface area contributed by atoms with Crippen LogP contribution >= 0.6 is 0 Å². The molecule has 0 unspecified atom stereocenters. The van der Waals surface area contributed by atoms with Gasteiger partial charge in [-0.3, -0.25) is 4.79 Å². The third-order valence-electron chi connectivity index (χ3n) is 4.63. The summed E-state index contributed by atoms with van der Waals surface area (Å²) in [5, 5.41) is 8.90. The summed E-state index contributed by atoms with van der Waals surface area (Å²) in [6.07, 6.45) is 2.00. The molecule has 4 nitrogen and oxygen atoms in total. The summed E-state index contributed by atoms with van der Waals surface area (Å²) >= 11 is 0. The van der Waals surface area contributed by atoms with Crippen LogP contribution in [0.15, 0.2) is 85.2 Å². The quantitative estimate of drug-likeness (QED) is 0.406. The molecule has 0 aliphatic rings. The van der Waals surface area contributed by atoms with Crippen molar-refractivity contribution in [3.8, 4) is 6.07 Å². The Morgan fingerprint density at radius 3 is 2.37 bits per heavy atom. The van der Waals surface area contributed by atoms with Crippen LogP contribution in [0, 0.1) is 11.3 Å². The van der Waals surface area contributed by atoms with E-state index in [1.54, 1.807) is 24.3 Å². The van der Waals surface area contributed by atoms with E-state index in [0.29, 0.717) is 11.1 Å². The Bertz CT molecular complexity index is 1140. The maximum Gasteiger partial charge on any atom is 0.245 e. The number of fused-ring (bicyclic) bond motifs is 1. The SMILES string of the molecule is N#Cc1ccc(C(=O)Cn2c[n+](Cc3ccccc3)c3ccccc32)cc1. The highest BCUT2D eigenvalue weighted by Gasteiger charge is 2.18. The molecule has 0 saturated heterocycles. The largest absolute Gasteiger partial charge is 0.290 e. The minimum atomic E-state index is 0.0205. The van der Waals surface area contributed by atoms with Gasteiger partial charge in [0.25, 0.3) is 0 Å². The number of Topliss-reactive ketones (excluding diaryl/α,β-unsaturated/α-hetero) is 1. The minimum absolute atomic E-state index is 0.0205. The number of imidazole rings is 1. The number of nitrogens with zero attached hydrogens (tertiary/aromatic N) is 3. The third-order valence-corrected chi connectivity index (χ3v) is 4.63. The maximum atomic E-state index is 12.7. The van der Waals surface area contributed by atoms with E-state index in [1.165, 1.54) is 5.56 Å². The highest BCUT2D eigenvalue weighted by atomic mass is 16.1. The molecule has 0 aliphatic heterocycles. The highest BCUT2D eigenvalue weighted by Crippen LogP contribution is 2.14. The van der Waals surface area contributed by atoms with Crippen LogP contribution in [-0.4, -0.2) is 10.4 Å². The lowest BCUT2D eigenvalue weighted by atomic mass is 10.1. The van der Waals surface area contributed by atoms with E-state index in [0.717, 1.165) is 17.6 Å². The van der Waals surface area contributed by atoms with Gasteiger partial charge in [-0.1, -0.05) is 42.5 Å². The molecule has 0 saturated carbocycles. The van der Waals surface area contributed by atoms with Crippen LogP contribution in [0.4, 0.5) is 0 Å². The molecule has 4 heteroatoms. The molecule has 130 valence electrons. The molecule has 0 radical (unpaired) electrons. The lowest BCUT2D eigenvalue weighted by Crippen LogP contribution is -2.33. The molecule has 0 spiro atoms. The highest BCUT2D eigenvalue weighted by molar-refractivity contribution is 5.96. The number of rotatable bonds is 5. The van der Waals surface area contributed by atoms with E-state index in [9.17, 15) is 4.79 Å². The van der Waals surface area contributed by atoms with Gasteiger partial charge in [0.05, 0.1) is 11.6 Å². The molecule has 0 fully saturated rings. The van der Waals surface area contributed by atoms with E-state index < -0.39 is 0 Å². The van der Waals surface area contributed by atoms with E-state index in [1.807, 2.05) is 47.3 Å². The van der Waals surface area contributed by atoms with E-state index in [-0.39, 0.29) is 12.3 Å². The topological polar surface area (TPSA) is 49.7 Å². The van der Waals surface area contributed by atoms with Gasteiger partial charge in [0.2, 0.25) is 12.1 Å². The zero-order chi connectivity index (χ0) is 18.6. The van der Waals surface area contributed by atoms with Crippen molar-refractivity contribution in [2.75, 3.05) is 0 Å². The summed E-state index contributed by atoms with van der Waals surface area (Å²) in [7, 11) is 0. The third kappa shape index (κ3) is 3.49. The lowest BCUT2D eigenvalue weighted by Gasteiger charge is -1.99. The number of hydrogen-bond donors (Lipinski definition) is 0. The Balaban J connectivity index is 1.65. The van der Waals surface area contributed by atoms with Crippen molar-refractivity contribution < 1.29 is 9.36 Å². The van der Waals surface area contributed by atoms with Gasteiger partial charge in [-0.2, -0.15) is 5.26 Å². The first kappa shape index (κ1) is 16.7. The number of ketones is 1. The molecule has 4 aromatic rings. The van der Waals surface area contributed by atoms with Crippen LogP contribution < -0.4 is 4.57 Å². The zero-order valence-electron chi connectivity index (χ0n) is 14.7. The first-order valence-corrected chi connectivity index (χ1v) is 8.79. The Morgan fingerprint density at radius 1 is 0.926 bits per heavy atom. The predicted octanol–water partition coefficient (Wildman–Crippen LogP) is 3.73. The van der Waals surface area contributed by atoms with Gasteiger partial charge in [-0.15, -0.1) is 0 Å². The van der Waals surface area contributed by atoms with Gasteiger partial charge in [-0.25, -0.2) is 9.13 Å². The zero-order valence-corrected chi connectivity index (χ0v) is 14.7. The molecule has 0 atom stereocenters. The van der Waals surface area contributed by atoms with E-state index in [2.05, 4.69) is 28.8 Å². The van der Waals surface area contributed by atoms with Crippen molar-refractivity contribution in [2.24, 2.45) is 0 Å². The predicted molar refractivity (Wildman–Crippen MR) is 103 cm³/mol. The van der Waals surface area contributed by atoms with Gasteiger partial charge >= 0.3 is 0 Å². The number of nitriles is 1. The molecule has 0 N–H and O–H groups in total. The maximum absolute atomic E-state index is 12.7. The van der Waals surface area contributed by atoms with Crippen LogP contribution in [0.25, 0.3) is 11.0 Å². The van der Waals surface area contributed by atoms with Crippen LogP contribution in [0.1, 0.15) is 21.5 Å². The Kier molecular flexibility index (Phi) is 4.51. The van der Waals surface area contributed by atoms with Crippen molar-refractivity contribution in [3.05, 3.63) is 102 Å². The van der Waals surface area contributed by atoms with Crippen LogP contribution in [0.5, 0.6) is 0 Å². The monoisotopic (exact) mass is 352 g/mol. The molecular formula is C23H18N3O+. The first-order valence-electron chi connectivity index (χ1n) is 8.79. The smallest absolute Gasteiger partial charge is 0.245 e. The first-order chi connectivity index (χ1) is 13.2. The molecule has 0 bridgehead atoms. The number of hydrogen-bond acceptors (Lipinski definition) is 2. The molecule has 1 aromatic heterocycles. The second kappa shape index (κ2) is 7.27. The standard InChI is InChI=1S/C23H18N3O/c24-14-18-10-12-20(13-11-18)23(27)16-26-17-25(15-19-6-2-1-3-7-19)21-8-4-5-9-22(21)26/h1-13,17H,15-16H2/q+1. The fraction of sp³-hybridized carbons (Fsp3) is 0.0870. The van der Waals surface area contributed by atoms with Crippen LogP contribution in [0.3, 0.4) is 0 Å². The van der Waals surface area contributed by atoms with Gasteiger partial charge < -0.3 is 0 Å². The molecule has 3 aromatic carbocycles. The van der Waals surface area contributed by atoms with Crippen molar-refractivity contribution >= 4 is 16.8 Å². The van der Waals surface area contributed by atoms with Crippen LogP contribution in [0.2, 0.25) is 0 Å². The number of carbonyl (C=O) groups excluding carboxylic acids is 1. The van der Waals surface area contributed by atoms with E-state index in [4.69, 9.17) is 5.26 Å². The summed E-state index contributed by atoms with van der Waals surface area (Å²) in [5.74, 6) is 0.0205. The van der Waals surface area contributed by atoms with Gasteiger partial charge in [0, 0.05) is 5.56 Å². The number of aromatic nitrogens is 2. The van der Waals surface area contributed by atoms with Crippen LogP contribution in [-0.2, 0) is 13.1 Å². The molecule has 0 aliphatic carbocycles. The van der Waals surface area contributed by atoms with Gasteiger partial charge in [-0.05, 0) is 42.0 Å². The summed E-state index contributed by atoms with van der Waals surface area (Å²) in [6, 6.07) is 27.2. The van der Waals surface area contributed by atoms with Crippen molar-refractivity contribution in [1.29, 1.82) is 5.26 Å². The van der Waals surface area contributed by atoms with Gasteiger partial charge in [0.1, 0.15) is 6.54 Å². The number of carbonyl (C=O) groups is 1. The summed E-state index contributed by atoms with van der Waals surface area (Å²) in [6.45, 7) is 1.01. The fourth-order valence-electron chi connectivity index (χ4n) is 3.25. The number of para-hydroxylation sites is 2. The second-order valence-corrected chi connectivity index (χ2v) is 6.46. The molecule has 1 heterocycles. The van der Waals surface area contributed by atoms with E-state index >= 15 is 0 Å². The van der Waals surface area contributed by atoms with Gasteiger partial charge in [0.15, 0.2) is 17.6 Å². The normalized spacial score (nSPS) is 10.6.